The van der Waals surface area contributed by atoms with Crippen molar-refractivity contribution >= 4 is 0 Å². The Balaban J connectivity index is 1.84. The zero-order chi connectivity index (χ0) is 11.9. The molecule has 0 aliphatic heterocycles. The molecule has 0 saturated carbocycles. The van der Waals surface area contributed by atoms with Gasteiger partial charge < -0.3 is 5.32 Å². The van der Waals surface area contributed by atoms with Crippen molar-refractivity contribution in [1.29, 1.82) is 0 Å². The van der Waals surface area contributed by atoms with Crippen LogP contribution < -0.4 is 5.32 Å². The van der Waals surface area contributed by atoms with Crippen LogP contribution in [0.1, 0.15) is 24.9 Å². The monoisotopic (exact) mass is 231 g/mol. The number of rotatable bonds is 6. The van der Waals surface area contributed by atoms with E-state index in [2.05, 4.69) is 27.3 Å². The molecule has 0 amide bonds. The molecule has 0 fully saturated rings. The highest BCUT2D eigenvalue weighted by molar-refractivity contribution is 5.03. The van der Waals surface area contributed by atoms with Gasteiger partial charge in [-0.15, -0.1) is 0 Å². The topological polar surface area (TPSA) is 55.6 Å². The molecule has 0 atom stereocenters. The van der Waals surface area contributed by atoms with E-state index in [9.17, 15) is 0 Å². The van der Waals surface area contributed by atoms with Crippen LogP contribution in [0.5, 0.6) is 0 Å². The fourth-order valence-electron chi connectivity index (χ4n) is 1.63. The highest BCUT2D eigenvalue weighted by Crippen LogP contribution is 1.97. The second-order valence-electron chi connectivity index (χ2n) is 3.82. The average molecular weight is 231 g/mol. The van der Waals surface area contributed by atoms with E-state index >= 15 is 0 Å². The van der Waals surface area contributed by atoms with E-state index in [0.29, 0.717) is 0 Å². The summed E-state index contributed by atoms with van der Waals surface area (Å²) < 4.78 is 1.94. The third-order valence-corrected chi connectivity index (χ3v) is 2.45. The van der Waals surface area contributed by atoms with Gasteiger partial charge in [0.15, 0.2) is 0 Å². The molecule has 1 N–H and O–H groups in total. The Morgan fingerprint density at radius 3 is 2.94 bits per heavy atom. The molecule has 5 nitrogen and oxygen atoms in total. The summed E-state index contributed by atoms with van der Waals surface area (Å²) in [5.41, 5.74) is 1.04. The van der Waals surface area contributed by atoms with Gasteiger partial charge in [0.25, 0.3) is 0 Å². The van der Waals surface area contributed by atoms with Crippen LogP contribution >= 0.6 is 0 Å². The number of hydrogen-bond acceptors (Lipinski definition) is 4. The van der Waals surface area contributed by atoms with Crippen molar-refractivity contribution in [3.8, 4) is 0 Å². The molecule has 2 heterocycles. The molecular weight excluding hydrogens is 214 g/mol. The Kier molecular flexibility index (Phi) is 4.21. The molecule has 0 saturated heterocycles. The van der Waals surface area contributed by atoms with Gasteiger partial charge in [-0.2, -0.15) is 5.10 Å². The fraction of sp³-hybridized carbons (Fsp3) is 0.417. The smallest absolute Gasteiger partial charge is 0.140 e. The summed E-state index contributed by atoms with van der Waals surface area (Å²) in [5.74, 6) is 0.975. The molecule has 2 aromatic rings. The molecule has 0 unspecified atom stereocenters. The van der Waals surface area contributed by atoms with E-state index in [1.54, 1.807) is 12.5 Å². The molecule has 0 radical (unpaired) electrons. The van der Waals surface area contributed by atoms with Crippen LogP contribution in [-0.4, -0.2) is 19.7 Å². The number of aromatic nitrogens is 4. The SMILES string of the molecule is CCCn1ncnc1CNCc1ccccn1. The fourth-order valence-corrected chi connectivity index (χ4v) is 1.63. The van der Waals surface area contributed by atoms with Gasteiger partial charge >= 0.3 is 0 Å². The predicted molar refractivity (Wildman–Crippen MR) is 65.1 cm³/mol. The van der Waals surface area contributed by atoms with Gasteiger partial charge in [-0.25, -0.2) is 9.67 Å². The second-order valence-corrected chi connectivity index (χ2v) is 3.82. The Morgan fingerprint density at radius 1 is 1.24 bits per heavy atom. The molecule has 5 heteroatoms. The maximum absolute atomic E-state index is 4.25. The lowest BCUT2D eigenvalue weighted by Crippen LogP contribution is -2.17. The molecule has 17 heavy (non-hydrogen) atoms. The van der Waals surface area contributed by atoms with Crippen LogP contribution in [0.15, 0.2) is 30.7 Å². The number of hydrogen-bond donors (Lipinski definition) is 1. The van der Waals surface area contributed by atoms with Crippen molar-refractivity contribution in [1.82, 2.24) is 25.1 Å². The summed E-state index contributed by atoms with van der Waals surface area (Å²) in [6.07, 6.45) is 4.47. The van der Waals surface area contributed by atoms with E-state index in [1.807, 2.05) is 22.9 Å². The summed E-state index contributed by atoms with van der Waals surface area (Å²) in [6.45, 7) is 4.52. The highest BCUT2D eigenvalue weighted by Gasteiger charge is 2.02. The molecule has 0 spiro atoms. The summed E-state index contributed by atoms with van der Waals surface area (Å²) in [7, 11) is 0. The third-order valence-electron chi connectivity index (χ3n) is 2.45. The van der Waals surface area contributed by atoms with E-state index in [-0.39, 0.29) is 0 Å². The van der Waals surface area contributed by atoms with Crippen molar-refractivity contribution in [2.75, 3.05) is 0 Å². The van der Waals surface area contributed by atoms with Crippen LogP contribution in [0.3, 0.4) is 0 Å². The van der Waals surface area contributed by atoms with Crippen LogP contribution in [0, 0.1) is 0 Å². The lowest BCUT2D eigenvalue weighted by Gasteiger charge is -2.05. The maximum Gasteiger partial charge on any atom is 0.140 e. The van der Waals surface area contributed by atoms with Gasteiger partial charge in [-0.3, -0.25) is 4.98 Å². The summed E-state index contributed by atoms with van der Waals surface area (Å²) in [4.78, 5) is 8.49. The Labute approximate surface area is 101 Å². The number of pyridine rings is 1. The Bertz CT molecular complexity index is 437. The minimum atomic E-state index is 0.719. The minimum absolute atomic E-state index is 0.719. The van der Waals surface area contributed by atoms with Gasteiger partial charge in [0, 0.05) is 19.3 Å². The number of nitrogens with zero attached hydrogens (tertiary/aromatic N) is 4. The van der Waals surface area contributed by atoms with Crippen molar-refractivity contribution in [2.24, 2.45) is 0 Å². The molecule has 0 aliphatic rings. The first-order valence-electron chi connectivity index (χ1n) is 5.87. The average Bonchev–Trinajstić information content (AvgIpc) is 2.79. The zero-order valence-corrected chi connectivity index (χ0v) is 10.0. The van der Waals surface area contributed by atoms with Gasteiger partial charge in [0.2, 0.25) is 0 Å². The van der Waals surface area contributed by atoms with Crippen LogP contribution in [-0.2, 0) is 19.6 Å². The number of aryl methyl sites for hydroxylation is 1. The minimum Gasteiger partial charge on any atom is -0.304 e. The van der Waals surface area contributed by atoms with Crippen molar-refractivity contribution < 1.29 is 0 Å². The molecule has 0 aromatic carbocycles. The predicted octanol–water partition coefficient (Wildman–Crippen LogP) is 1.37. The first kappa shape index (κ1) is 11.7. The quantitative estimate of drug-likeness (QED) is 0.816. The standard InChI is InChI=1S/C12H17N5/c1-2-7-17-12(15-10-16-17)9-13-8-11-5-3-4-6-14-11/h3-6,10,13H,2,7-9H2,1H3. The van der Waals surface area contributed by atoms with Crippen molar-refractivity contribution in [2.45, 2.75) is 33.0 Å². The first-order chi connectivity index (χ1) is 8.40. The summed E-state index contributed by atoms with van der Waals surface area (Å²) in [5, 5.41) is 7.50. The highest BCUT2D eigenvalue weighted by atomic mass is 15.3. The van der Waals surface area contributed by atoms with E-state index in [4.69, 9.17) is 0 Å². The zero-order valence-electron chi connectivity index (χ0n) is 10.0. The lowest BCUT2D eigenvalue weighted by atomic mass is 10.3. The molecular formula is C12H17N5. The van der Waals surface area contributed by atoms with E-state index < -0.39 is 0 Å². The molecule has 90 valence electrons. The van der Waals surface area contributed by atoms with E-state index in [0.717, 1.165) is 37.6 Å². The van der Waals surface area contributed by atoms with Crippen LogP contribution in [0.4, 0.5) is 0 Å². The normalized spacial score (nSPS) is 10.6. The summed E-state index contributed by atoms with van der Waals surface area (Å²) in [6, 6.07) is 5.91. The Hall–Kier alpha value is -1.75. The number of nitrogens with one attached hydrogen (secondary N) is 1. The molecule has 0 aliphatic carbocycles. The van der Waals surface area contributed by atoms with Crippen LogP contribution in [0.25, 0.3) is 0 Å². The van der Waals surface area contributed by atoms with Gasteiger partial charge in [-0.1, -0.05) is 13.0 Å². The Morgan fingerprint density at radius 2 is 2.18 bits per heavy atom. The molecule has 2 aromatic heterocycles. The van der Waals surface area contributed by atoms with Crippen molar-refractivity contribution in [3.63, 3.8) is 0 Å². The maximum atomic E-state index is 4.25. The van der Waals surface area contributed by atoms with Gasteiger partial charge in [-0.05, 0) is 18.6 Å². The largest absolute Gasteiger partial charge is 0.304 e. The molecule has 2 rings (SSSR count). The molecule has 0 bridgehead atoms. The van der Waals surface area contributed by atoms with E-state index in [1.165, 1.54) is 0 Å². The second kappa shape index (κ2) is 6.10. The lowest BCUT2D eigenvalue weighted by molar-refractivity contribution is 0.540. The van der Waals surface area contributed by atoms with Crippen molar-refractivity contribution in [3.05, 3.63) is 42.2 Å². The summed E-state index contributed by atoms with van der Waals surface area (Å²) >= 11 is 0. The third kappa shape index (κ3) is 3.35. The van der Waals surface area contributed by atoms with Crippen LogP contribution in [0.2, 0.25) is 0 Å². The van der Waals surface area contributed by atoms with Gasteiger partial charge in [0.05, 0.1) is 12.2 Å². The van der Waals surface area contributed by atoms with Gasteiger partial charge in [0.1, 0.15) is 12.2 Å². The first-order valence-corrected chi connectivity index (χ1v) is 5.87.